The smallest absolute Gasteiger partial charge is 0.133 e. The molecule has 2 fully saturated rings. The van der Waals surface area contributed by atoms with E-state index >= 15 is 0 Å². The molecule has 0 atom stereocenters. The molecule has 4 heteroatoms. The van der Waals surface area contributed by atoms with Crippen LogP contribution in [0.1, 0.15) is 54.6 Å². The Bertz CT molecular complexity index is 470. The Hall–Kier alpha value is -1.08. The van der Waals surface area contributed by atoms with Gasteiger partial charge in [0.25, 0.3) is 0 Å². The van der Waals surface area contributed by atoms with Crippen molar-refractivity contribution in [1.29, 1.82) is 5.26 Å². The molecule has 1 aromatic heterocycles. The molecule has 0 spiro atoms. The van der Waals surface area contributed by atoms with E-state index in [0.29, 0.717) is 11.8 Å². The van der Waals surface area contributed by atoms with Gasteiger partial charge in [-0.15, -0.1) is 11.8 Å². The van der Waals surface area contributed by atoms with Gasteiger partial charge in [-0.3, -0.25) is 0 Å². The van der Waals surface area contributed by atoms with Crippen LogP contribution in [0.5, 0.6) is 0 Å². The fraction of sp³-hybridized carbons (Fsp3) is 0.583. The fourth-order valence-corrected chi connectivity index (χ4v) is 2.44. The lowest BCUT2D eigenvalue weighted by atomic mass is 10.1. The van der Waals surface area contributed by atoms with Crippen molar-refractivity contribution < 1.29 is 0 Å². The molecule has 0 aliphatic heterocycles. The Morgan fingerprint density at radius 1 is 1.19 bits per heavy atom. The number of nitrogens with zero attached hydrogens (tertiary/aromatic N) is 3. The molecule has 1 heterocycles. The number of nitriles is 1. The Morgan fingerprint density at radius 3 is 2.38 bits per heavy atom. The fourth-order valence-electron chi connectivity index (χ4n) is 1.90. The Morgan fingerprint density at radius 2 is 1.88 bits per heavy atom. The first-order valence-corrected chi connectivity index (χ1v) is 6.92. The summed E-state index contributed by atoms with van der Waals surface area (Å²) in [5.41, 5.74) is 1.74. The van der Waals surface area contributed by atoms with E-state index in [1.54, 1.807) is 11.8 Å². The van der Waals surface area contributed by atoms with E-state index in [9.17, 15) is 5.26 Å². The van der Waals surface area contributed by atoms with Crippen molar-refractivity contribution in [2.45, 2.75) is 42.5 Å². The molecular formula is C12H13N3S. The van der Waals surface area contributed by atoms with Crippen LogP contribution in [0.25, 0.3) is 0 Å². The van der Waals surface area contributed by atoms with Gasteiger partial charge in [-0.2, -0.15) is 5.26 Å². The molecule has 0 bridgehead atoms. The van der Waals surface area contributed by atoms with Crippen LogP contribution in [0.4, 0.5) is 0 Å². The van der Waals surface area contributed by atoms with Crippen LogP contribution >= 0.6 is 11.8 Å². The summed E-state index contributed by atoms with van der Waals surface area (Å²) in [5, 5.41) is 10.1. The Labute approximate surface area is 99.3 Å². The SMILES string of the molecule is CSc1nc(C2CC2)nc(C2CC2)c1C#N. The standard InChI is InChI=1S/C12H13N3S/c1-16-12-9(6-13)10(7-2-3-7)14-11(15-12)8-4-5-8/h7-8H,2-5H2,1H3. The number of thioether (sulfide) groups is 1. The summed E-state index contributed by atoms with van der Waals surface area (Å²) in [6.07, 6.45) is 6.78. The van der Waals surface area contributed by atoms with Gasteiger partial charge in [-0.1, -0.05) is 0 Å². The number of rotatable bonds is 3. The summed E-state index contributed by atoms with van der Waals surface area (Å²) in [6, 6.07) is 2.28. The zero-order valence-electron chi connectivity index (χ0n) is 9.23. The minimum atomic E-state index is 0.529. The van der Waals surface area contributed by atoms with Gasteiger partial charge in [-0.25, -0.2) is 9.97 Å². The van der Waals surface area contributed by atoms with E-state index in [1.807, 2.05) is 6.26 Å². The lowest BCUT2D eigenvalue weighted by molar-refractivity contribution is 0.824. The number of hydrogen-bond acceptors (Lipinski definition) is 4. The van der Waals surface area contributed by atoms with Crippen LogP contribution in [-0.4, -0.2) is 16.2 Å². The summed E-state index contributed by atoms with van der Waals surface area (Å²) in [6.45, 7) is 0. The zero-order chi connectivity index (χ0) is 11.1. The molecule has 0 amide bonds. The van der Waals surface area contributed by atoms with Crippen molar-refractivity contribution in [2.24, 2.45) is 0 Å². The van der Waals surface area contributed by atoms with Crippen LogP contribution < -0.4 is 0 Å². The maximum absolute atomic E-state index is 9.21. The van der Waals surface area contributed by atoms with Gasteiger partial charge in [0.15, 0.2) is 0 Å². The highest BCUT2D eigenvalue weighted by atomic mass is 32.2. The largest absolute Gasteiger partial charge is 0.236 e. The third kappa shape index (κ3) is 1.69. The normalized spacial score (nSPS) is 19.5. The quantitative estimate of drug-likeness (QED) is 0.593. The molecule has 3 nitrogen and oxygen atoms in total. The molecule has 82 valence electrons. The molecule has 0 radical (unpaired) electrons. The Kier molecular flexibility index (Phi) is 2.36. The highest BCUT2D eigenvalue weighted by Gasteiger charge is 2.33. The Balaban J connectivity index is 2.11. The van der Waals surface area contributed by atoms with Crippen LogP contribution in [0.3, 0.4) is 0 Å². The number of aromatic nitrogens is 2. The minimum Gasteiger partial charge on any atom is -0.236 e. The second kappa shape index (κ2) is 3.74. The third-order valence-electron chi connectivity index (χ3n) is 3.13. The maximum Gasteiger partial charge on any atom is 0.133 e. The zero-order valence-corrected chi connectivity index (χ0v) is 10.0. The van der Waals surface area contributed by atoms with E-state index in [-0.39, 0.29) is 0 Å². The van der Waals surface area contributed by atoms with Gasteiger partial charge < -0.3 is 0 Å². The average Bonchev–Trinajstić information content (AvgIpc) is 3.20. The molecule has 16 heavy (non-hydrogen) atoms. The second-order valence-electron chi connectivity index (χ2n) is 4.51. The van der Waals surface area contributed by atoms with Crippen molar-refractivity contribution in [3.63, 3.8) is 0 Å². The maximum atomic E-state index is 9.21. The predicted molar refractivity (Wildman–Crippen MR) is 62.5 cm³/mol. The van der Waals surface area contributed by atoms with Crippen molar-refractivity contribution in [1.82, 2.24) is 9.97 Å². The van der Waals surface area contributed by atoms with E-state index in [1.165, 1.54) is 25.7 Å². The first-order chi connectivity index (χ1) is 7.83. The van der Waals surface area contributed by atoms with Crippen LogP contribution in [0.2, 0.25) is 0 Å². The second-order valence-corrected chi connectivity index (χ2v) is 5.31. The summed E-state index contributed by atoms with van der Waals surface area (Å²) in [5.74, 6) is 2.07. The third-order valence-corrected chi connectivity index (χ3v) is 3.81. The first-order valence-electron chi connectivity index (χ1n) is 5.69. The van der Waals surface area contributed by atoms with Crippen molar-refractivity contribution >= 4 is 11.8 Å². The minimum absolute atomic E-state index is 0.529. The van der Waals surface area contributed by atoms with Gasteiger partial charge in [0.1, 0.15) is 22.5 Å². The molecule has 0 N–H and O–H groups in total. The molecule has 2 aliphatic carbocycles. The van der Waals surface area contributed by atoms with Crippen LogP contribution in [-0.2, 0) is 0 Å². The lowest BCUT2D eigenvalue weighted by Gasteiger charge is -2.08. The molecule has 2 saturated carbocycles. The van der Waals surface area contributed by atoms with Gasteiger partial charge >= 0.3 is 0 Å². The van der Waals surface area contributed by atoms with Gasteiger partial charge in [0, 0.05) is 11.8 Å². The van der Waals surface area contributed by atoms with E-state index < -0.39 is 0 Å². The molecule has 0 aromatic carbocycles. The average molecular weight is 231 g/mol. The predicted octanol–water partition coefficient (Wildman–Crippen LogP) is 2.82. The van der Waals surface area contributed by atoms with Gasteiger partial charge in [-0.05, 0) is 31.9 Å². The molecule has 0 saturated heterocycles. The van der Waals surface area contributed by atoms with Crippen molar-refractivity contribution in [2.75, 3.05) is 6.26 Å². The topological polar surface area (TPSA) is 49.6 Å². The van der Waals surface area contributed by atoms with Crippen molar-refractivity contribution in [3.8, 4) is 6.07 Å². The summed E-state index contributed by atoms with van der Waals surface area (Å²) >= 11 is 1.57. The van der Waals surface area contributed by atoms with E-state index in [0.717, 1.165) is 22.1 Å². The van der Waals surface area contributed by atoms with Gasteiger partial charge in [0.2, 0.25) is 0 Å². The highest BCUT2D eigenvalue weighted by Crippen LogP contribution is 2.44. The molecular weight excluding hydrogens is 218 g/mol. The van der Waals surface area contributed by atoms with Crippen LogP contribution in [0.15, 0.2) is 5.03 Å². The lowest BCUT2D eigenvalue weighted by Crippen LogP contribution is -2.03. The van der Waals surface area contributed by atoms with E-state index in [4.69, 9.17) is 0 Å². The molecule has 3 rings (SSSR count). The first kappa shape index (κ1) is 10.1. The monoisotopic (exact) mass is 231 g/mol. The molecule has 1 aromatic rings. The van der Waals surface area contributed by atoms with Gasteiger partial charge in [0.05, 0.1) is 5.69 Å². The highest BCUT2D eigenvalue weighted by molar-refractivity contribution is 7.98. The number of hydrogen-bond donors (Lipinski definition) is 0. The van der Waals surface area contributed by atoms with Crippen LogP contribution in [0, 0.1) is 11.3 Å². The molecule has 0 unspecified atom stereocenters. The summed E-state index contributed by atoms with van der Waals surface area (Å²) < 4.78 is 0. The molecule has 2 aliphatic rings. The van der Waals surface area contributed by atoms with E-state index in [2.05, 4.69) is 16.0 Å². The summed E-state index contributed by atoms with van der Waals surface area (Å²) in [4.78, 5) is 9.15. The summed E-state index contributed by atoms with van der Waals surface area (Å²) in [7, 11) is 0. The van der Waals surface area contributed by atoms with Crippen molar-refractivity contribution in [3.05, 3.63) is 17.1 Å².